The zero-order chi connectivity index (χ0) is 4.99. The van der Waals surface area contributed by atoms with Crippen molar-refractivity contribution in [3.05, 3.63) is 0 Å². The highest BCUT2D eigenvalue weighted by molar-refractivity contribution is 7.33. The third-order valence-electron chi connectivity index (χ3n) is 0.333. The van der Waals surface area contributed by atoms with Crippen LogP contribution in [0.25, 0.3) is 0 Å². The molecular weight excluding hydrogens is 130 g/mol. The van der Waals surface area contributed by atoms with E-state index in [-0.39, 0.29) is 17.4 Å². The van der Waals surface area contributed by atoms with E-state index in [4.69, 9.17) is 0 Å². The molecule has 0 aliphatic carbocycles. The van der Waals surface area contributed by atoms with Gasteiger partial charge >= 0.3 is 8.25 Å². The summed E-state index contributed by atoms with van der Waals surface area (Å²) in [6.07, 6.45) is 0. The van der Waals surface area contributed by atoms with E-state index in [9.17, 15) is 4.57 Å². The van der Waals surface area contributed by atoms with Gasteiger partial charge in [-0.1, -0.05) is 0 Å². The van der Waals surface area contributed by atoms with Gasteiger partial charge in [-0.2, -0.15) is 0 Å². The minimum absolute atomic E-state index is 0. The van der Waals surface area contributed by atoms with E-state index in [1.54, 1.807) is 0 Å². The van der Waals surface area contributed by atoms with Crippen molar-refractivity contribution >= 4 is 25.6 Å². The topological polar surface area (TPSA) is 35.5 Å². The molecule has 0 spiro atoms. The van der Waals surface area contributed by atoms with Crippen molar-refractivity contribution in [2.45, 2.75) is 0 Å². The Bertz CT molecular complexity index is 50.9. The van der Waals surface area contributed by atoms with Gasteiger partial charge in [0, 0.05) is 14.2 Å². The van der Waals surface area contributed by atoms with Gasteiger partial charge in [-0.3, -0.25) is 4.57 Å². The normalized spacial score (nSPS) is 8.43. The molecule has 0 amide bonds. The van der Waals surface area contributed by atoms with Gasteiger partial charge in [0.2, 0.25) is 0 Å². The van der Waals surface area contributed by atoms with E-state index in [1.807, 2.05) is 0 Å². The molecule has 0 aromatic carbocycles. The van der Waals surface area contributed by atoms with Gasteiger partial charge in [0.15, 0.2) is 17.4 Å². The van der Waals surface area contributed by atoms with E-state index >= 15 is 0 Å². The highest BCUT2D eigenvalue weighted by atomic mass is 31.1. The lowest BCUT2D eigenvalue weighted by Crippen LogP contribution is -1.66. The van der Waals surface area contributed by atoms with Crippen LogP contribution in [0.4, 0.5) is 0 Å². The van der Waals surface area contributed by atoms with Crippen LogP contribution in [0.1, 0.15) is 0 Å². The molecule has 0 aliphatic rings. The number of hydrogen-bond donors (Lipinski definition) is 0. The fraction of sp³-hybridized carbons (Fsp3) is 1.00. The van der Waals surface area contributed by atoms with Gasteiger partial charge in [-0.15, -0.1) is 0 Å². The van der Waals surface area contributed by atoms with E-state index in [1.165, 1.54) is 14.2 Å². The smallest absolute Gasteiger partial charge is 0.314 e. The van der Waals surface area contributed by atoms with Crippen LogP contribution in [-0.4, -0.2) is 31.6 Å². The SMILES string of the molecule is CO[PH](=O)OC.[AlH3]. The standard InChI is InChI=1S/C2H7O3P.Al.3H/c1-4-6(3)5-2;;;;/h6H,1-2H3;;;;. The molecule has 0 atom stereocenters. The molecular formula is C2H10AlO3P. The summed E-state index contributed by atoms with van der Waals surface area (Å²) < 4.78 is 18.4. The van der Waals surface area contributed by atoms with Crippen molar-refractivity contribution in [1.82, 2.24) is 0 Å². The second kappa shape index (κ2) is 6.68. The molecule has 0 aromatic heterocycles. The van der Waals surface area contributed by atoms with E-state index in [0.717, 1.165) is 0 Å². The summed E-state index contributed by atoms with van der Waals surface area (Å²) in [4.78, 5) is 0. The summed E-state index contributed by atoms with van der Waals surface area (Å²) in [6, 6.07) is 0. The quantitative estimate of drug-likeness (QED) is 0.382. The van der Waals surface area contributed by atoms with Gasteiger partial charge in [-0.25, -0.2) is 0 Å². The van der Waals surface area contributed by atoms with Crippen LogP contribution in [-0.2, 0) is 13.6 Å². The van der Waals surface area contributed by atoms with Gasteiger partial charge in [0.05, 0.1) is 0 Å². The van der Waals surface area contributed by atoms with Crippen molar-refractivity contribution in [3.63, 3.8) is 0 Å². The van der Waals surface area contributed by atoms with Gasteiger partial charge in [0.25, 0.3) is 0 Å². The second-order valence-corrected chi connectivity index (χ2v) is 1.97. The second-order valence-electron chi connectivity index (χ2n) is 0.658. The summed E-state index contributed by atoms with van der Waals surface area (Å²) in [6.45, 7) is 0. The van der Waals surface area contributed by atoms with Crippen molar-refractivity contribution in [3.8, 4) is 0 Å². The number of rotatable bonds is 2. The molecule has 0 saturated heterocycles. The van der Waals surface area contributed by atoms with Crippen LogP contribution in [0.5, 0.6) is 0 Å². The Morgan fingerprint density at radius 3 is 1.57 bits per heavy atom. The zero-order valence-corrected chi connectivity index (χ0v) is 4.72. The molecule has 0 saturated carbocycles. The molecule has 0 rings (SSSR count). The van der Waals surface area contributed by atoms with Crippen LogP contribution in [0.15, 0.2) is 0 Å². The monoisotopic (exact) mass is 140 g/mol. The summed E-state index contributed by atoms with van der Waals surface area (Å²) in [7, 11) is 0.558. The van der Waals surface area contributed by atoms with E-state index in [2.05, 4.69) is 9.05 Å². The van der Waals surface area contributed by atoms with Crippen LogP contribution in [0.3, 0.4) is 0 Å². The molecule has 0 aromatic rings. The first-order valence-corrected chi connectivity index (χ1v) is 2.65. The molecule has 0 aliphatic heterocycles. The highest BCUT2D eigenvalue weighted by Crippen LogP contribution is 2.18. The van der Waals surface area contributed by atoms with Crippen molar-refractivity contribution in [2.24, 2.45) is 0 Å². The third kappa shape index (κ3) is 6.68. The lowest BCUT2D eigenvalue weighted by molar-refractivity contribution is 0.302. The molecule has 0 N–H and O–H groups in total. The Hall–Kier alpha value is 0.682. The fourth-order valence-electron chi connectivity index (χ4n) is 0.0833. The van der Waals surface area contributed by atoms with Crippen molar-refractivity contribution in [1.29, 1.82) is 0 Å². The average Bonchev–Trinajstić information content (AvgIpc) is 1.65. The summed E-state index contributed by atoms with van der Waals surface area (Å²) in [5.41, 5.74) is 0. The fourth-order valence-corrected chi connectivity index (χ4v) is 0.250. The van der Waals surface area contributed by atoms with Gasteiger partial charge in [0.1, 0.15) is 0 Å². The van der Waals surface area contributed by atoms with E-state index in [0.29, 0.717) is 0 Å². The Labute approximate surface area is 54.1 Å². The first-order chi connectivity index (χ1) is 2.81. The predicted octanol–water partition coefficient (Wildman–Crippen LogP) is -0.515. The van der Waals surface area contributed by atoms with Crippen molar-refractivity contribution < 1.29 is 13.6 Å². The van der Waals surface area contributed by atoms with Crippen molar-refractivity contribution in [2.75, 3.05) is 14.2 Å². The Morgan fingerprint density at radius 1 is 1.29 bits per heavy atom. The van der Waals surface area contributed by atoms with E-state index < -0.39 is 8.25 Å². The van der Waals surface area contributed by atoms with Crippen LogP contribution in [0, 0.1) is 0 Å². The molecule has 0 heterocycles. The molecule has 0 bridgehead atoms. The first-order valence-electron chi connectivity index (χ1n) is 1.43. The number of hydrogen-bond acceptors (Lipinski definition) is 3. The Balaban J connectivity index is 0. The molecule has 0 radical (unpaired) electrons. The lowest BCUT2D eigenvalue weighted by atomic mass is 11.8. The zero-order valence-electron chi connectivity index (χ0n) is 3.72. The van der Waals surface area contributed by atoms with Crippen LogP contribution >= 0.6 is 8.25 Å². The van der Waals surface area contributed by atoms with Crippen LogP contribution in [0.2, 0.25) is 0 Å². The maximum Gasteiger partial charge on any atom is 0.318 e. The lowest BCUT2D eigenvalue weighted by Gasteiger charge is -1.89. The minimum atomic E-state index is -2.12. The molecule has 5 heteroatoms. The van der Waals surface area contributed by atoms with Gasteiger partial charge < -0.3 is 9.05 Å². The summed E-state index contributed by atoms with van der Waals surface area (Å²) in [5.74, 6) is 0. The molecule has 7 heavy (non-hydrogen) atoms. The van der Waals surface area contributed by atoms with Crippen LogP contribution < -0.4 is 0 Å². The Morgan fingerprint density at radius 2 is 1.57 bits per heavy atom. The highest BCUT2D eigenvalue weighted by Gasteiger charge is 1.83. The predicted molar refractivity (Wildman–Crippen MR) is 33.0 cm³/mol. The van der Waals surface area contributed by atoms with Gasteiger partial charge in [-0.05, 0) is 0 Å². The average molecular weight is 140 g/mol. The largest absolute Gasteiger partial charge is 0.318 e. The minimum Gasteiger partial charge on any atom is -0.314 e. The Kier molecular flexibility index (Phi) is 10.1. The molecule has 0 fully saturated rings. The first kappa shape index (κ1) is 10.6. The summed E-state index contributed by atoms with van der Waals surface area (Å²) >= 11 is 0. The molecule has 0 unspecified atom stereocenters. The third-order valence-corrected chi connectivity index (χ3v) is 1.00. The summed E-state index contributed by atoms with van der Waals surface area (Å²) in [5, 5.41) is 0. The maximum atomic E-state index is 9.92. The molecule has 44 valence electrons. The maximum absolute atomic E-state index is 9.92. The molecule has 3 nitrogen and oxygen atoms in total.